The molecule has 1 aliphatic carbocycles. The van der Waals surface area contributed by atoms with Crippen LogP contribution in [0.25, 0.3) is 0 Å². The molecular weight excluding hydrogens is 618 g/mol. The molecule has 2 aliphatic rings. The molecule has 1 saturated heterocycles. The van der Waals surface area contributed by atoms with Crippen LogP contribution in [0, 0.1) is 5.92 Å². The number of nitrogens with zero attached hydrogens (tertiary/aromatic N) is 2. The number of aliphatic hydroxyl groups is 1. The van der Waals surface area contributed by atoms with Crippen molar-refractivity contribution in [3.63, 3.8) is 0 Å². The van der Waals surface area contributed by atoms with E-state index in [-0.39, 0.29) is 24.3 Å². The Balaban J connectivity index is 1.77. The molecule has 2 fully saturated rings. The molecule has 4 atom stereocenters. The molecule has 0 unspecified atom stereocenters. The summed E-state index contributed by atoms with van der Waals surface area (Å²) >= 11 is 0. The van der Waals surface area contributed by atoms with Crippen LogP contribution in [0.3, 0.4) is 0 Å². The van der Waals surface area contributed by atoms with Crippen LogP contribution in [0.2, 0.25) is 0 Å². The van der Waals surface area contributed by atoms with Crippen LogP contribution in [-0.4, -0.2) is 107 Å². The number of nitrogens with one attached hydrogen (secondary N) is 3. The number of hydrogen-bond acceptors (Lipinski definition) is 8. The van der Waals surface area contributed by atoms with E-state index in [0.717, 1.165) is 5.56 Å². The Bertz CT molecular complexity index is 1270. The summed E-state index contributed by atoms with van der Waals surface area (Å²) in [6.45, 7) is 10.9. The fourth-order valence-electron chi connectivity index (χ4n) is 6.31. The standard InChI is InChI=1S/C35H55N5O8/c1-34(2,3)47-32(45)37-24-18-16-23(17-19-24)27(28(41)30(43)36-7)38-29(42)25-15-12-20-40(25)31(44)26(21-22-13-10-9-11-14-22)39(8)33(46)48-35(4,5)6/h9-11,13-14,23-28,41H,12,15-21H2,1-8H3,(H,36,43)(H,37,45)(H,38,42)/t23?,24?,25-,26+,27-,28+/m0/s1. The summed E-state index contributed by atoms with van der Waals surface area (Å²) in [5.74, 6) is -1.74. The van der Waals surface area contributed by atoms with E-state index in [4.69, 9.17) is 9.47 Å². The predicted molar refractivity (Wildman–Crippen MR) is 180 cm³/mol. The van der Waals surface area contributed by atoms with Crippen LogP contribution in [0.4, 0.5) is 9.59 Å². The van der Waals surface area contributed by atoms with Crippen LogP contribution >= 0.6 is 0 Å². The Labute approximate surface area is 284 Å². The Kier molecular flexibility index (Phi) is 13.3. The number of aliphatic hydroxyl groups excluding tert-OH is 1. The van der Waals surface area contributed by atoms with Crippen molar-refractivity contribution in [3.8, 4) is 0 Å². The highest BCUT2D eigenvalue weighted by Gasteiger charge is 2.43. The first-order chi connectivity index (χ1) is 22.4. The van der Waals surface area contributed by atoms with E-state index >= 15 is 0 Å². The van der Waals surface area contributed by atoms with Gasteiger partial charge in [-0.15, -0.1) is 0 Å². The summed E-state index contributed by atoms with van der Waals surface area (Å²) in [7, 11) is 2.94. The number of rotatable bonds is 10. The number of likely N-dealkylation sites (N-methyl/N-ethyl adjacent to an activating group) is 2. The number of benzene rings is 1. The lowest BCUT2D eigenvalue weighted by atomic mass is 9.79. The van der Waals surface area contributed by atoms with Gasteiger partial charge in [0.05, 0.1) is 6.04 Å². The van der Waals surface area contributed by atoms with Gasteiger partial charge in [0.1, 0.15) is 23.3 Å². The minimum atomic E-state index is -1.52. The zero-order valence-corrected chi connectivity index (χ0v) is 29.7. The normalized spacial score (nSPS) is 21.7. The van der Waals surface area contributed by atoms with Crippen molar-refractivity contribution < 1.29 is 38.6 Å². The summed E-state index contributed by atoms with van der Waals surface area (Å²) in [5.41, 5.74) is -0.555. The van der Waals surface area contributed by atoms with Crippen LogP contribution < -0.4 is 16.0 Å². The van der Waals surface area contributed by atoms with Gasteiger partial charge in [-0.05, 0) is 91.5 Å². The van der Waals surface area contributed by atoms with Gasteiger partial charge in [0, 0.05) is 33.1 Å². The summed E-state index contributed by atoms with van der Waals surface area (Å²) in [5, 5.41) is 19.3. The van der Waals surface area contributed by atoms with Gasteiger partial charge in [0.15, 0.2) is 6.10 Å². The van der Waals surface area contributed by atoms with Crippen molar-refractivity contribution in [2.24, 2.45) is 5.92 Å². The molecule has 48 heavy (non-hydrogen) atoms. The molecule has 1 aromatic carbocycles. The Morgan fingerprint density at radius 1 is 0.938 bits per heavy atom. The lowest BCUT2D eigenvalue weighted by Gasteiger charge is -2.38. The molecule has 13 heteroatoms. The molecule has 4 N–H and O–H groups in total. The summed E-state index contributed by atoms with van der Waals surface area (Å²) in [4.78, 5) is 68.9. The summed E-state index contributed by atoms with van der Waals surface area (Å²) in [6.07, 6.45) is 0.722. The molecule has 0 bridgehead atoms. The molecule has 0 spiro atoms. The van der Waals surface area contributed by atoms with E-state index in [1.54, 1.807) is 41.5 Å². The zero-order valence-electron chi connectivity index (χ0n) is 29.7. The molecule has 1 heterocycles. The van der Waals surface area contributed by atoms with Crippen LogP contribution in [0.5, 0.6) is 0 Å². The lowest BCUT2D eigenvalue weighted by molar-refractivity contribution is -0.143. The Hall–Kier alpha value is -3.87. The van der Waals surface area contributed by atoms with Gasteiger partial charge in [-0.25, -0.2) is 9.59 Å². The highest BCUT2D eigenvalue weighted by molar-refractivity contribution is 5.92. The molecule has 268 valence electrons. The van der Waals surface area contributed by atoms with Crippen molar-refractivity contribution in [1.29, 1.82) is 0 Å². The average Bonchev–Trinajstić information content (AvgIpc) is 3.50. The first kappa shape index (κ1) is 38.6. The van der Waals surface area contributed by atoms with E-state index in [2.05, 4.69) is 16.0 Å². The smallest absolute Gasteiger partial charge is 0.410 e. The van der Waals surface area contributed by atoms with Crippen molar-refractivity contribution in [2.45, 2.75) is 128 Å². The van der Waals surface area contributed by atoms with E-state index in [1.165, 1.54) is 23.9 Å². The number of carbonyl (C=O) groups is 5. The molecular formula is C35H55N5O8. The molecule has 1 saturated carbocycles. The van der Waals surface area contributed by atoms with Gasteiger partial charge in [-0.3, -0.25) is 19.3 Å². The number of alkyl carbamates (subject to hydrolysis) is 1. The topological polar surface area (TPSA) is 167 Å². The van der Waals surface area contributed by atoms with Crippen molar-refractivity contribution in [3.05, 3.63) is 35.9 Å². The third-order valence-corrected chi connectivity index (χ3v) is 8.71. The third kappa shape index (κ3) is 11.1. The molecule has 5 amide bonds. The van der Waals surface area contributed by atoms with Crippen molar-refractivity contribution in [2.75, 3.05) is 20.6 Å². The second kappa shape index (κ2) is 16.5. The third-order valence-electron chi connectivity index (χ3n) is 8.71. The van der Waals surface area contributed by atoms with Crippen LogP contribution in [0.15, 0.2) is 30.3 Å². The first-order valence-electron chi connectivity index (χ1n) is 16.9. The fraction of sp³-hybridized carbons (Fsp3) is 0.686. The van der Waals surface area contributed by atoms with Crippen LogP contribution in [0.1, 0.15) is 85.6 Å². The number of carbonyl (C=O) groups excluding carboxylic acids is 5. The first-order valence-corrected chi connectivity index (χ1v) is 16.9. The number of hydrogen-bond donors (Lipinski definition) is 4. The minimum absolute atomic E-state index is 0.143. The monoisotopic (exact) mass is 673 g/mol. The Morgan fingerprint density at radius 3 is 2.10 bits per heavy atom. The molecule has 13 nitrogen and oxygen atoms in total. The highest BCUT2D eigenvalue weighted by Crippen LogP contribution is 2.30. The van der Waals surface area contributed by atoms with Crippen molar-refractivity contribution in [1.82, 2.24) is 25.8 Å². The van der Waals surface area contributed by atoms with E-state index in [1.807, 2.05) is 30.3 Å². The van der Waals surface area contributed by atoms with Gasteiger partial charge in [-0.1, -0.05) is 30.3 Å². The SMILES string of the molecule is CNC(=O)[C@H](O)[C@@H](NC(=O)[C@@H]1CCCN1C(=O)[C@@H](Cc1ccccc1)N(C)C(=O)OC(C)(C)C)C1CCC(NC(=O)OC(C)(C)C)CC1. The van der Waals surface area contributed by atoms with Gasteiger partial charge in [0.25, 0.3) is 5.91 Å². The maximum Gasteiger partial charge on any atom is 0.410 e. The Morgan fingerprint density at radius 2 is 1.54 bits per heavy atom. The van der Waals surface area contributed by atoms with E-state index < -0.39 is 59.4 Å². The molecule has 0 radical (unpaired) electrons. The van der Waals surface area contributed by atoms with Crippen molar-refractivity contribution >= 4 is 29.9 Å². The minimum Gasteiger partial charge on any atom is -0.444 e. The average molecular weight is 674 g/mol. The largest absolute Gasteiger partial charge is 0.444 e. The van der Waals surface area contributed by atoms with E-state index in [9.17, 15) is 29.1 Å². The molecule has 1 aromatic rings. The molecule has 3 rings (SSSR count). The second-order valence-electron chi connectivity index (χ2n) is 14.8. The fourth-order valence-corrected chi connectivity index (χ4v) is 6.31. The number of amides is 5. The van der Waals surface area contributed by atoms with Gasteiger partial charge < -0.3 is 35.4 Å². The van der Waals surface area contributed by atoms with Gasteiger partial charge in [0.2, 0.25) is 11.8 Å². The van der Waals surface area contributed by atoms with Gasteiger partial charge >= 0.3 is 12.2 Å². The predicted octanol–water partition coefficient (Wildman–Crippen LogP) is 3.13. The molecule has 0 aromatic heterocycles. The van der Waals surface area contributed by atoms with Crippen LogP contribution in [-0.2, 0) is 30.3 Å². The second-order valence-corrected chi connectivity index (χ2v) is 14.8. The number of likely N-dealkylation sites (tertiary alicyclic amines) is 1. The maximum atomic E-state index is 14.2. The quantitative estimate of drug-likeness (QED) is 0.294. The highest BCUT2D eigenvalue weighted by atomic mass is 16.6. The summed E-state index contributed by atoms with van der Waals surface area (Å²) < 4.78 is 11.0. The van der Waals surface area contributed by atoms with Gasteiger partial charge in [-0.2, -0.15) is 0 Å². The van der Waals surface area contributed by atoms with E-state index in [0.29, 0.717) is 45.1 Å². The lowest BCUT2D eigenvalue weighted by Crippen LogP contribution is -2.59. The zero-order chi connectivity index (χ0) is 35.8. The summed E-state index contributed by atoms with van der Waals surface area (Å²) in [6, 6.07) is 6.48. The maximum absolute atomic E-state index is 14.2. The number of ether oxygens (including phenoxy) is 2. The molecule has 1 aliphatic heterocycles.